The van der Waals surface area contributed by atoms with Crippen molar-refractivity contribution in [1.82, 2.24) is 24.8 Å². The summed E-state index contributed by atoms with van der Waals surface area (Å²) in [7, 11) is 5.49. The molecule has 0 spiro atoms. The molecule has 23 heavy (non-hydrogen) atoms. The Labute approximate surface area is 133 Å². The van der Waals surface area contributed by atoms with Gasteiger partial charge in [0.1, 0.15) is 6.61 Å². The molecule has 0 N–H and O–H groups in total. The number of carbonyl (C=O) groups excluding carboxylic acids is 1. The van der Waals surface area contributed by atoms with E-state index in [1.807, 2.05) is 34.3 Å². The first-order chi connectivity index (χ1) is 11.0. The third kappa shape index (κ3) is 2.79. The number of likely N-dealkylation sites (N-methyl/N-ethyl adjacent to an activating group) is 1. The van der Waals surface area contributed by atoms with E-state index in [0.29, 0.717) is 18.4 Å². The van der Waals surface area contributed by atoms with Gasteiger partial charge in [-0.3, -0.25) is 9.48 Å². The predicted octanol–water partition coefficient (Wildman–Crippen LogP) is 0.530. The third-order valence-electron chi connectivity index (χ3n) is 3.81. The van der Waals surface area contributed by atoms with Gasteiger partial charge >= 0.3 is 0 Å². The van der Waals surface area contributed by atoms with Crippen LogP contribution >= 0.6 is 0 Å². The molecule has 2 aromatic rings. The lowest BCUT2D eigenvalue weighted by molar-refractivity contribution is -0.160. The summed E-state index contributed by atoms with van der Waals surface area (Å²) in [5.74, 6) is 0.756. The van der Waals surface area contributed by atoms with Crippen LogP contribution in [0.4, 0.5) is 5.95 Å². The number of amides is 1. The van der Waals surface area contributed by atoms with E-state index >= 15 is 0 Å². The van der Waals surface area contributed by atoms with Gasteiger partial charge in [0, 0.05) is 39.4 Å². The largest absolute Gasteiger partial charge is 0.356 e. The number of hydrogen-bond donors (Lipinski definition) is 0. The summed E-state index contributed by atoms with van der Waals surface area (Å²) >= 11 is 0. The molecule has 1 fully saturated rings. The Morgan fingerprint density at radius 3 is 2.78 bits per heavy atom. The van der Waals surface area contributed by atoms with Crippen LogP contribution in [0, 0.1) is 0 Å². The maximum absolute atomic E-state index is 12.2. The van der Waals surface area contributed by atoms with E-state index in [-0.39, 0.29) is 18.6 Å². The fourth-order valence-corrected chi connectivity index (χ4v) is 2.70. The van der Waals surface area contributed by atoms with E-state index in [1.165, 1.54) is 0 Å². The molecule has 0 unspecified atom stereocenters. The molecule has 3 heterocycles. The molecule has 124 valence electrons. The zero-order valence-electron chi connectivity index (χ0n) is 13.6. The molecule has 0 aromatic carbocycles. The lowest BCUT2D eigenvalue weighted by Crippen LogP contribution is -2.45. The number of hydrogen-bond acceptors (Lipinski definition) is 7. The molecule has 9 nitrogen and oxygen atoms in total. The number of rotatable bonds is 4. The fraction of sp³-hybridized carbons (Fsp3) is 0.571. The second kappa shape index (κ2) is 5.99. The number of nitrogens with zero attached hydrogens (tertiary/aromatic N) is 6. The summed E-state index contributed by atoms with van der Waals surface area (Å²) in [5, 5.41) is 8.13. The highest BCUT2D eigenvalue weighted by Crippen LogP contribution is 2.39. The maximum atomic E-state index is 12.2. The Morgan fingerprint density at radius 1 is 1.43 bits per heavy atom. The summed E-state index contributed by atoms with van der Waals surface area (Å²) in [5.41, 5.74) is 0.872. The van der Waals surface area contributed by atoms with Gasteiger partial charge in [0.15, 0.2) is 6.10 Å². The van der Waals surface area contributed by atoms with Crippen LogP contribution in [0.1, 0.15) is 30.5 Å². The molecule has 1 saturated heterocycles. The van der Waals surface area contributed by atoms with Gasteiger partial charge in [-0.25, -0.2) is 0 Å². The number of aryl methyl sites for hydroxylation is 1. The van der Waals surface area contributed by atoms with E-state index in [4.69, 9.17) is 9.26 Å². The Morgan fingerprint density at radius 2 is 2.22 bits per heavy atom. The summed E-state index contributed by atoms with van der Waals surface area (Å²) in [6, 6.07) is -0.342. The number of anilines is 1. The fourth-order valence-electron chi connectivity index (χ4n) is 2.70. The maximum Gasteiger partial charge on any atom is 0.265 e. The summed E-state index contributed by atoms with van der Waals surface area (Å²) < 4.78 is 12.8. The molecule has 1 amide bonds. The quantitative estimate of drug-likeness (QED) is 0.811. The van der Waals surface area contributed by atoms with Crippen LogP contribution in [0.5, 0.6) is 0 Å². The molecule has 0 bridgehead atoms. The smallest absolute Gasteiger partial charge is 0.265 e. The van der Waals surface area contributed by atoms with Crippen molar-refractivity contribution < 1.29 is 14.1 Å². The van der Waals surface area contributed by atoms with Crippen molar-refractivity contribution in [1.29, 1.82) is 0 Å². The zero-order chi connectivity index (χ0) is 16.6. The van der Waals surface area contributed by atoms with Gasteiger partial charge in [-0.05, 0) is 12.1 Å². The standard InChI is InChI=1S/C14H20N6O3/c1-5-20-10(21)8-22-12(11(20)9-6-15-19(4)7-9)13-16-14(17-23-13)18(2)3/h6-7,11-12H,5,8H2,1-4H3/t11-,12+/m1/s1. The summed E-state index contributed by atoms with van der Waals surface area (Å²) in [4.78, 5) is 20.1. The molecular weight excluding hydrogens is 300 g/mol. The van der Waals surface area contributed by atoms with Crippen molar-refractivity contribution >= 4 is 11.9 Å². The Kier molecular flexibility index (Phi) is 4.03. The number of aromatic nitrogens is 4. The average molecular weight is 320 g/mol. The first-order valence-corrected chi connectivity index (χ1v) is 7.41. The van der Waals surface area contributed by atoms with Crippen LogP contribution < -0.4 is 4.90 Å². The van der Waals surface area contributed by atoms with Gasteiger partial charge in [0.2, 0.25) is 5.91 Å². The van der Waals surface area contributed by atoms with E-state index in [9.17, 15) is 4.79 Å². The van der Waals surface area contributed by atoms with Crippen molar-refractivity contribution in [2.45, 2.75) is 19.1 Å². The topological polar surface area (TPSA) is 89.5 Å². The summed E-state index contributed by atoms with van der Waals surface area (Å²) in [6.45, 7) is 2.49. The van der Waals surface area contributed by atoms with Gasteiger partial charge in [0.25, 0.3) is 11.8 Å². The van der Waals surface area contributed by atoms with Crippen LogP contribution in [0.2, 0.25) is 0 Å². The van der Waals surface area contributed by atoms with Crippen LogP contribution in [0.25, 0.3) is 0 Å². The molecule has 9 heteroatoms. The highest BCUT2D eigenvalue weighted by Gasteiger charge is 2.41. The first-order valence-electron chi connectivity index (χ1n) is 7.41. The molecule has 2 aromatic heterocycles. The van der Waals surface area contributed by atoms with Crippen molar-refractivity contribution in [3.8, 4) is 0 Å². The Balaban J connectivity index is 1.99. The predicted molar refractivity (Wildman–Crippen MR) is 80.7 cm³/mol. The normalized spacial score (nSPS) is 21.7. The van der Waals surface area contributed by atoms with E-state index in [2.05, 4.69) is 15.2 Å². The highest BCUT2D eigenvalue weighted by atomic mass is 16.5. The second-order valence-electron chi connectivity index (χ2n) is 5.63. The van der Waals surface area contributed by atoms with Crippen molar-refractivity contribution in [2.75, 3.05) is 32.1 Å². The van der Waals surface area contributed by atoms with E-state index in [1.54, 1.807) is 20.7 Å². The molecular formula is C14H20N6O3. The van der Waals surface area contributed by atoms with Crippen LogP contribution in [0.3, 0.4) is 0 Å². The van der Waals surface area contributed by atoms with Gasteiger partial charge < -0.3 is 19.1 Å². The molecule has 0 radical (unpaired) electrons. The molecule has 2 atom stereocenters. The minimum absolute atomic E-state index is 0.00501. The number of ether oxygens (including phenoxy) is 1. The SMILES string of the molecule is CCN1C(=O)CO[C@H](c2nc(N(C)C)no2)[C@H]1c1cnn(C)c1. The second-order valence-corrected chi connectivity index (χ2v) is 5.63. The van der Waals surface area contributed by atoms with Crippen LogP contribution in [0.15, 0.2) is 16.9 Å². The number of morpholine rings is 1. The molecule has 3 rings (SSSR count). The molecule has 0 saturated carbocycles. The Bertz CT molecular complexity index is 694. The minimum atomic E-state index is -0.516. The lowest BCUT2D eigenvalue weighted by Gasteiger charge is -2.38. The van der Waals surface area contributed by atoms with Crippen LogP contribution in [-0.4, -0.2) is 58.0 Å². The van der Waals surface area contributed by atoms with Gasteiger partial charge in [0.05, 0.1) is 12.2 Å². The minimum Gasteiger partial charge on any atom is -0.356 e. The zero-order valence-corrected chi connectivity index (χ0v) is 13.6. The van der Waals surface area contributed by atoms with Crippen molar-refractivity contribution in [2.24, 2.45) is 7.05 Å². The molecule has 0 aliphatic carbocycles. The lowest BCUT2D eigenvalue weighted by atomic mass is 10.0. The first kappa shape index (κ1) is 15.5. The van der Waals surface area contributed by atoms with E-state index < -0.39 is 6.10 Å². The number of carbonyl (C=O) groups is 1. The summed E-state index contributed by atoms with van der Waals surface area (Å²) in [6.07, 6.45) is 3.08. The van der Waals surface area contributed by atoms with Gasteiger partial charge in [-0.1, -0.05) is 0 Å². The van der Waals surface area contributed by atoms with E-state index in [0.717, 1.165) is 5.56 Å². The van der Waals surface area contributed by atoms with Crippen molar-refractivity contribution in [3.63, 3.8) is 0 Å². The average Bonchev–Trinajstić information content (AvgIpc) is 3.15. The van der Waals surface area contributed by atoms with Crippen LogP contribution in [-0.2, 0) is 16.6 Å². The monoisotopic (exact) mass is 320 g/mol. The van der Waals surface area contributed by atoms with Gasteiger partial charge in [-0.15, -0.1) is 0 Å². The third-order valence-corrected chi connectivity index (χ3v) is 3.81. The van der Waals surface area contributed by atoms with Crippen molar-refractivity contribution in [3.05, 3.63) is 23.8 Å². The highest BCUT2D eigenvalue weighted by molar-refractivity contribution is 5.78. The molecule has 1 aliphatic rings. The Hall–Kier alpha value is -2.42. The molecule has 1 aliphatic heterocycles. The van der Waals surface area contributed by atoms with Gasteiger partial charge in [-0.2, -0.15) is 10.1 Å².